The quantitative estimate of drug-likeness (QED) is 0.598. The Morgan fingerprint density at radius 1 is 1.00 bits per heavy atom. The van der Waals surface area contributed by atoms with Gasteiger partial charge in [-0.1, -0.05) is 0 Å². The lowest BCUT2D eigenvalue weighted by Gasteiger charge is -2.30. The lowest BCUT2D eigenvalue weighted by atomic mass is 9.91. The van der Waals surface area contributed by atoms with E-state index in [0.717, 1.165) is 19.3 Å². The summed E-state index contributed by atoms with van der Waals surface area (Å²) in [6, 6.07) is -0.00125. The summed E-state index contributed by atoms with van der Waals surface area (Å²) in [7, 11) is 3.41. The molecule has 1 rings (SSSR count). The van der Waals surface area contributed by atoms with Gasteiger partial charge in [-0.3, -0.25) is 5.73 Å². The maximum atomic E-state index is 7.58. The first-order valence-electron chi connectivity index (χ1n) is 4.03. The Morgan fingerprint density at radius 3 is 1.82 bits per heavy atom. The van der Waals surface area contributed by atoms with E-state index in [1.807, 2.05) is 0 Å². The van der Waals surface area contributed by atoms with Crippen LogP contribution < -0.4 is 5.73 Å². The van der Waals surface area contributed by atoms with Crippen molar-refractivity contribution in [3.63, 3.8) is 0 Å². The molecule has 3 heteroatoms. The largest absolute Gasteiger partial charge is 0.381 e. The van der Waals surface area contributed by atoms with Gasteiger partial charge in [0.2, 0.25) is 0 Å². The molecule has 1 aliphatic rings. The minimum atomic E-state index is -0.00125. The van der Waals surface area contributed by atoms with Crippen molar-refractivity contribution in [3.05, 3.63) is 0 Å². The molecule has 1 aliphatic carbocycles. The molecule has 0 amide bonds. The summed E-state index contributed by atoms with van der Waals surface area (Å²) in [5, 5.41) is 0. The fourth-order valence-electron chi connectivity index (χ4n) is 1.60. The van der Waals surface area contributed by atoms with Crippen LogP contribution in [-0.2, 0) is 9.47 Å². The molecule has 0 saturated heterocycles. The Balaban J connectivity index is 2.37. The van der Waals surface area contributed by atoms with E-state index >= 15 is 0 Å². The van der Waals surface area contributed by atoms with Gasteiger partial charge in [0.05, 0.1) is 12.2 Å². The second-order valence-electron chi connectivity index (χ2n) is 3.12. The number of rotatable bonds is 2. The molecule has 1 unspecified atom stereocenters. The van der Waals surface area contributed by atoms with Crippen molar-refractivity contribution in [2.75, 3.05) is 14.2 Å². The molecule has 1 saturated carbocycles. The first-order valence-corrected chi connectivity index (χ1v) is 4.03. The van der Waals surface area contributed by atoms with E-state index in [9.17, 15) is 0 Å². The van der Waals surface area contributed by atoms with Crippen LogP contribution in [0.5, 0.6) is 0 Å². The van der Waals surface area contributed by atoms with Gasteiger partial charge in [0.1, 0.15) is 0 Å². The minimum absolute atomic E-state index is 0.00125. The maximum Gasteiger partial charge on any atom is 0.0611 e. The van der Waals surface area contributed by atoms with Crippen LogP contribution in [0.2, 0.25) is 0 Å². The zero-order chi connectivity index (χ0) is 8.27. The van der Waals surface area contributed by atoms with Gasteiger partial charge in [-0.2, -0.15) is 0 Å². The zero-order valence-corrected chi connectivity index (χ0v) is 7.17. The van der Waals surface area contributed by atoms with Crippen molar-refractivity contribution in [1.82, 2.24) is 5.73 Å². The standard InChI is InChI=1S/C8H16NO2/c1-10-7-3-6(9)4-8(5-7)11-2/h6-9H,3-5H2,1-2H3/t6?,7-,8+. The summed E-state index contributed by atoms with van der Waals surface area (Å²) in [6.07, 6.45) is 3.13. The highest BCUT2D eigenvalue weighted by atomic mass is 16.5. The van der Waals surface area contributed by atoms with Crippen LogP contribution in [0.1, 0.15) is 19.3 Å². The Bertz CT molecular complexity index is 107. The summed E-state index contributed by atoms with van der Waals surface area (Å²) >= 11 is 0. The Morgan fingerprint density at radius 2 is 1.45 bits per heavy atom. The molecular weight excluding hydrogens is 142 g/mol. The SMILES string of the molecule is CO[C@@H]1CC([NH])C[C@H](OC)C1. The number of methoxy groups -OCH3 is 2. The number of hydrogen-bond donors (Lipinski definition) is 0. The van der Waals surface area contributed by atoms with Crippen molar-refractivity contribution in [2.24, 2.45) is 0 Å². The van der Waals surface area contributed by atoms with E-state index in [4.69, 9.17) is 15.2 Å². The zero-order valence-electron chi connectivity index (χ0n) is 7.17. The lowest BCUT2D eigenvalue weighted by molar-refractivity contribution is -0.0167. The monoisotopic (exact) mass is 158 g/mol. The third-order valence-electron chi connectivity index (χ3n) is 2.29. The van der Waals surface area contributed by atoms with E-state index in [2.05, 4.69) is 0 Å². The van der Waals surface area contributed by atoms with Gasteiger partial charge in [0.25, 0.3) is 0 Å². The van der Waals surface area contributed by atoms with E-state index in [1.54, 1.807) is 14.2 Å². The average molecular weight is 158 g/mol. The molecular formula is C8H16NO2. The van der Waals surface area contributed by atoms with Gasteiger partial charge in [-0.05, 0) is 19.3 Å². The van der Waals surface area contributed by atoms with Crippen LogP contribution in [0.25, 0.3) is 0 Å². The summed E-state index contributed by atoms with van der Waals surface area (Å²) in [5.74, 6) is 0. The van der Waals surface area contributed by atoms with Crippen molar-refractivity contribution in [1.29, 1.82) is 0 Å². The topological polar surface area (TPSA) is 42.3 Å². The van der Waals surface area contributed by atoms with Gasteiger partial charge < -0.3 is 9.47 Å². The summed E-state index contributed by atoms with van der Waals surface area (Å²) < 4.78 is 10.4. The van der Waals surface area contributed by atoms with E-state index in [-0.39, 0.29) is 18.2 Å². The number of nitrogens with one attached hydrogen (secondary N) is 1. The molecule has 0 heterocycles. The molecule has 0 aromatic rings. The number of hydrogen-bond acceptors (Lipinski definition) is 2. The second kappa shape index (κ2) is 4.04. The summed E-state index contributed by atoms with van der Waals surface area (Å²) in [5.41, 5.74) is 7.58. The Kier molecular flexibility index (Phi) is 3.30. The van der Waals surface area contributed by atoms with Crippen molar-refractivity contribution in [2.45, 2.75) is 37.5 Å². The fraction of sp³-hybridized carbons (Fsp3) is 1.00. The van der Waals surface area contributed by atoms with E-state index < -0.39 is 0 Å². The van der Waals surface area contributed by atoms with Crippen LogP contribution in [0, 0.1) is 0 Å². The average Bonchev–Trinajstić information content (AvgIpc) is 2.03. The molecule has 0 spiro atoms. The van der Waals surface area contributed by atoms with Crippen molar-refractivity contribution < 1.29 is 9.47 Å². The summed E-state index contributed by atoms with van der Waals surface area (Å²) in [4.78, 5) is 0. The van der Waals surface area contributed by atoms with Gasteiger partial charge in [0.15, 0.2) is 0 Å². The predicted molar refractivity (Wildman–Crippen MR) is 42.3 cm³/mol. The first kappa shape index (κ1) is 8.97. The molecule has 0 aliphatic heterocycles. The molecule has 3 atom stereocenters. The van der Waals surface area contributed by atoms with Crippen LogP contribution in [-0.4, -0.2) is 32.5 Å². The first-order chi connectivity index (χ1) is 5.26. The van der Waals surface area contributed by atoms with Crippen LogP contribution in [0.15, 0.2) is 0 Å². The molecule has 0 aromatic heterocycles. The van der Waals surface area contributed by atoms with Gasteiger partial charge in [-0.25, -0.2) is 0 Å². The molecule has 1 fully saturated rings. The highest BCUT2D eigenvalue weighted by Gasteiger charge is 2.26. The molecule has 1 radical (unpaired) electrons. The second-order valence-corrected chi connectivity index (χ2v) is 3.12. The van der Waals surface area contributed by atoms with Crippen molar-refractivity contribution >= 4 is 0 Å². The fourth-order valence-corrected chi connectivity index (χ4v) is 1.60. The van der Waals surface area contributed by atoms with Gasteiger partial charge in [-0.15, -0.1) is 0 Å². The third-order valence-corrected chi connectivity index (χ3v) is 2.29. The van der Waals surface area contributed by atoms with E-state index in [0.29, 0.717) is 0 Å². The minimum Gasteiger partial charge on any atom is -0.381 e. The number of ether oxygens (including phenoxy) is 2. The third kappa shape index (κ3) is 2.43. The van der Waals surface area contributed by atoms with E-state index in [1.165, 1.54) is 0 Å². The maximum absolute atomic E-state index is 7.58. The van der Waals surface area contributed by atoms with Crippen molar-refractivity contribution in [3.8, 4) is 0 Å². The molecule has 3 nitrogen and oxygen atoms in total. The molecule has 11 heavy (non-hydrogen) atoms. The molecule has 1 N–H and O–H groups in total. The Hall–Kier alpha value is -0.120. The van der Waals surface area contributed by atoms with Crippen LogP contribution >= 0.6 is 0 Å². The molecule has 0 bridgehead atoms. The highest BCUT2D eigenvalue weighted by molar-refractivity contribution is 4.81. The van der Waals surface area contributed by atoms with Gasteiger partial charge in [0, 0.05) is 20.3 Å². The predicted octanol–water partition coefficient (Wildman–Crippen LogP) is 0.852. The lowest BCUT2D eigenvalue weighted by Crippen LogP contribution is -2.35. The van der Waals surface area contributed by atoms with Crippen LogP contribution in [0.3, 0.4) is 0 Å². The highest BCUT2D eigenvalue weighted by Crippen LogP contribution is 2.22. The molecule has 0 aromatic carbocycles. The normalized spacial score (nSPS) is 39.0. The molecule has 65 valence electrons. The van der Waals surface area contributed by atoms with Gasteiger partial charge >= 0.3 is 0 Å². The smallest absolute Gasteiger partial charge is 0.0611 e. The van der Waals surface area contributed by atoms with Crippen LogP contribution in [0.4, 0.5) is 0 Å². The Labute approximate surface area is 67.9 Å². The summed E-state index contributed by atoms with van der Waals surface area (Å²) in [6.45, 7) is 0.